The summed E-state index contributed by atoms with van der Waals surface area (Å²) in [7, 11) is 3.14. The molecule has 1 aromatic carbocycles. The molecule has 1 fully saturated rings. The van der Waals surface area contributed by atoms with Crippen LogP contribution in [0.3, 0.4) is 0 Å². The van der Waals surface area contributed by atoms with Crippen LogP contribution < -0.4 is 9.47 Å². The lowest BCUT2D eigenvalue weighted by atomic mass is 10.0. The van der Waals surface area contributed by atoms with Crippen LogP contribution in [0, 0.1) is 6.92 Å². The molecule has 0 saturated carbocycles. The highest BCUT2D eigenvalue weighted by Gasteiger charge is 2.41. The van der Waals surface area contributed by atoms with Gasteiger partial charge in [0.15, 0.2) is 0 Å². The predicted octanol–water partition coefficient (Wildman–Crippen LogP) is 2.10. The fourth-order valence-electron chi connectivity index (χ4n) is 3.00. The normalized spacial score (nSPS) is 19.4. The molecule has 0 radical (unpaired) electrons. The number of para-hydroxylation sites is 1. The molecule has 7 nitrogen and oxygen atoms in total. The Bertz CT molecular complexity index is 766. The second kappa shape index (κ2) is 7.70. The van der Waals surface area contributed by atoms with Gasteiger partial charge in [0.05, 0.1) is 19.2 Å². The number of ether oxygens (including phenoxy) is 3. The van der Waals surface area contributed by atoms with E-state index < -0.39 is 5.60 Å². The van der Waals surface area contributed by atoms with Gasteiger partial charge < -0.3 is 19.1 Å². The summed E-state index contributed by atoms with van der Waals surface area (Å²) in [6.07, 6.45) is 3.66. The van der Waals surface area contributed by atoms with Gasteiger partial charge in [-0.3, -0.25) is 4.79 Å². The Morgan fingerprint density at radius 2 is 1.96 bits per heavy atom. The Labute approximate surface area is 152 Å². The zero-order valence-electron chi connectivity index (χ0n) is 15.3. The summed E-state index contributed by atoms with van der Waals surface area (Å²) in [5.41, 5.74) is 0.975. The Kier molecular flexibility index (Phi) is 5.37. The predicted molar refractivity (Wildman–Crippen MR) is 95.5 cm³/mol. The number of nitrogens with zero attached hydrogens (tertiary/aromatic N) is 3. The lowest BCUT2D eigenvalue weighted by Gasteiger charge is -2.28. The van der Waals surface area contributed by atoms with Crippen LogP contribution in [0.25, 0.3) is 0 Å². The third-order valence-corrected chi connectivity index (χ3v) is 4.68. The maximum Gasteiger partial charge on any atom is 0.316 e. The topological polar surface area (TPSA) is 73.8 Å². The van der Waals surface area contributed by atoms with Crippen LogP contribution in [-0.4, -0.2) is 60.3 Å². The highest BCUT2D eigenvalue weighted by molar-refractivity contribution is 5.93. The minimum absolute atomic E-state index is 0.123. The second-order valence-electron chi connectivity index (χ2n) is 6.38. The first-order valence-electron chi connectivity index (χ1n) is 8.46. The van der Waals surface area contributed by atoms with Gasteiger partial charge in [0.25, 0.3) is 5.91 Å². The van der Waals surface area contributed by atoms with E-state index in [1.807, 2.05) is 31.2 Å². The quantitative estimate of drug-likeness (QED) is 0.788. The molecule has 26 heavy (non-hydrogen) atoms. The minimum atomic E-state index is -0.523. The molecule has 7 heteroatoms. The van der Waals surface area contributed by atoms with E-state index in [4.69, 9.17) is 14.2 Å². The zero-order valence-corrected chi connectivity index (χ0v) is 15.3. The first-order valence-corrected chi connectivity index (χ1v) is 8.46. The number of aromatic nitrogens is 2. The molecule has 2 aromatic rings. The van der Waals surface area contributed by atoms with Crippen LogP contribution in [0.2, 0.25) is 0 Å². The van der Waals surface area contributed by atoms with Crippen molar-refractivity contribution in [2.45, 2.75) is 18.9 Å². The second-order valence-corrected chi connectivity index (χ2v) is 6.38. The average molecular weight is 357 g/mol. The van der Waals surface area contributed by atoms with Crippen molar-refractivity contribution in [3.63, 3.8) is 0 Å². The van der Waals surface area contributed by atoms with Gasteiger partial charge in [-0.2, -0.15) is 0 Å². The third-order valence-electron chi connectivity index (χ3n) is 4.68. The molecular formula is C19H23N3O4. The van der Waals surface area contributed by atoms with Crippen molar-refractivity contribution in [3.8, 4) is 11.8 Å². The number of benzene rings is 1. The van der Waals surface area contributed by atoms with Crippen molar-refractivity contribution >= 4 is 5.91 Å². The number of carbonyl (C=O) groups excluding carboxylic acids is 1. The van der Waals surface area contributed by atoms with Crippen molar-refractivity contribution in [1.29, 1.82) is 0 Å². The molecule has 0 aliphatic carbocycles. The number of amides is 1. The van der Waals surface area contributed by atoms with Gasteiger partial charge >= 0.3 is 6.01 Å². The molecule has 1 aliphatic rings. The highest BCUT2D eigenvalue weighted by atomic mass is 16.5. The van der Waals surface area contributed by atoms with Crippen molar-refractivity contribution in [2.75, 3.05) is 33.9 Å². The van der Waals surface area contributed by atoms with Crippen LogP contribution in [0.1, 0.15) is 22.3 Å². The van der Waals surface area contributed by atoms with Gasteiger partial charge in [0.1, 0.15) is 18.0 Å². The number of aryl methyl sites for hydroxylation is 1. The fraction of sp³-hybridized carbons (Fsp3) is 0.421. The molecular weight excluding hydrogens is 334 g/mol. The van der Waals surface area contributed by atoms with Crippen LogP contribution >= 0.6 is 0 Å². The van der Waals surface area contributed by atoms with E-state index in [0.29, 0.717) is 31.7 Å². The first kappa shape index (κ1) is 18.1. The molecule has 0 spiro atoms. The summed E-state index contributed by atoms with van der Waals surface area (Å²) >= 11 is 0. The maximum atomic E-state index is 12.7. The molecule has 0 unspecified atom stereocenters. The molecule has 1 atom stereocenters. The van der Waals surface area contributed by atoms with Gasteiger partial charge in [0, 0.05) is 26.0 Å². The zero-order chi connectivity index (χ0) is 18.6. The maximum absolute atomic E-state index is 12.7. The molecule has 3 rings (SSSR count). The van der Waals surface area contributed by atoms with Crippen LogP contribution in [0.4, 0.5) is 0 Å². The van der Waals surface area contributed by atoms with Crippen LogP contribution in [0.5, 0.6) is 11.8 Å². The van der Waals surface area contributed by atoms with E-state index in [2.05, 4.69) is 9.97 Å². The van der Waals surface area contributed by atoms with Gasteiger partial charge in [-0.15, -0.1) is 0 Å². The van der Waals surface area contributed by atoms with Crippen molar-refractivity contribution in [2.24, 2.45) is 0 Å². The number of hydrogen-bond acceptors (Lipinski definition) is 6. The van der Waals surface area contributed by atoms with E-state index in [-0.39, 0.29) is 11.9 Å². The first-order chi connectivity index (χ1) is 12.6. The monoisotopic (exact) mass is 357 g/mol. The molecule has 0 N–H and O–H groups in total. The smallest absolute Gasteiger partial charge is 0.316 e. The van der Waals surface area contributed by atoms with Gasteiger partial charge in [-0.1, -0.05) is 18.2 Å². The summed E-state index contributed by atoms with van der Waals surface area (Å²) in [5.74, 6) is 0.708. The fourth-order valence-corrected chi connectivity index (χ4v) is 3.00. The number of rotatable bonds is 6. The molecule has 1 amide bonds. The third kappa shape index (κ3) is 3.77. The number of methoxy groups -OCH3 is 2. The lowest BCUT2D eigenvalue weighted by Crippen LogP contribution is -2.42. The van der Waals surface area contributed by atoms with Crippen LogP contribution in [-0.2, 0) is 4.74 Å². The highest BCUT2D eigenvalue weighted by Crippen LogP contribution is 2.28. The van der Waals surface area contributed by atoms with Crippen molar-refractivity contribution < 1.29 is 19.0 Å². The molecule has 1 aliphatic heterocycles. The van der Waals surface area contributed by atoms with Gasteiger partial charge in [-0.05, 0) is 25.0 Å². The van der Waals surface area contributed by atoms with E-state index in [1.165, 1.54) is 19.5 Å². The molecule has 2 heterocycles. The van der Waals surface area contributed by atoms with Gasteiger partial charge in [-0.25, -0.2) is 9.97 Å². The molecule has 138 valence electrons. The Morgan fingerprint density at radius 3 is 2.62 bits per heavy atom. The Hall–Kier alpha value is -2.67. The lowest BCUT2D eigenvalue weighted by molar-refractivity contribution is -0.0344. The standard InChI is InChI=1S/C19H23N3O4/c1-14-6-4-5-7-16(14)26-13-19(25-3)8-9-22(12-19)17(23)15-10-20-18(24-2)21-11-15/h4-7,10-11H,8-9,12-13H2,1-3H3/t19-/m1/s1. The van der Waals surface area contributed by atoms with Crippen molar-refractivity contribution in [1.82, 2.24) is 14.9 Å². The van der Waals surface area contributed by atoms with E-state index >= 15 is 0 Å². The van der Waals surface area contributed by atoms with Crippen molar-refractivity contribution in [3.05, 3.63) is 47.8 Å². The summed E-state index contributed by atoms with van der Waals surface area (Å²) in [6, 6.07) is 8.09. The Morgan fingerprint density at radius 1 is 1.23 bits per heavy atom. The van der Waals surface area contributed by atoms with E-state index in [0.717, 1.165) is 11.3 Å². The summed E-state index contributed by atoms with van der Waals surface area (Å²) in [4.78, 5) is 22.4. The van der Waals surface area contributed by atoms with E-state index in [1.54, 1.807) is 12.0 Å². The SMILES string of the molecule is COc1ncc(C(=O)N2CC[C@@](COc3ccccc3C)(OC)C2)cn1. The largest absolute Gasteiger partial charge is 0.490 e. The number of likely N-dealkylation sites (tertiary alicyclic amines) is 1. The summed E-state index contributed by atoms with van der Waals surface area (Å²) < 4.78 is 16.6. The van der Waals surface area contributed by atoms with Crippen LogP contribution in [0.15, 0.2) is 36.7 Å². The molecule has 0 bridgehead atoms. The molecule has 1 saturated heterocycles. The number of carbonyl (C=O) groups is 1. The minimum Gasteiger partial charge on any atom is -0.490 e. The average Bonchev–Trinajstić information content (AvgIpc) is 3.12. The van der Waals surface area contributed by atoms with E-state index in [9.17, 15) is 4.79 Å². The summed E-state index contributed by atoms with van der Waals surface area (Å²) in [6.45, 7) is 3.44. The Balaban J connectivity index is 1.66. The summed E-state index contributed by atoms with van der Waals surface area (Å²) in [5, 5.41) is 0. The number of hydrogen-bond donors (Lipinski definition) is 0. The molecule has 1 aromatic heterocycles. The van der Waals surface area contributed by atoms with Gasteiger partial charge in [0.2, 0.25) is 0 Å².